The van der Waals surface area contributed by atoms with E-state index in [9.17, 15) is 9.59 Å². The molecule has 1 atom stereocenters. The molecule has 1 aliphatic heterocycles. The topological polar surface area (TPSA) is 67.9 Å². The number of amides is 2. The second-order valence-electron chi connectivity index (χ2n) is 6.68. The molecule has 1 fully saturated rings. The molecule has 2 aromatic carbocycles. The fraction of sp³-hybridized carbons (Fsp3) is 0.333. The molecule has 0 radical (unpaired) electrons. The van der Waals surface area contributed by atoms with Gasteiger partial charge in [0.2, 0.25) is 11.8 Å². The Morgan fingerprint density at radius 2 is 1.86 bits per heavy atom. The van der Waals surface area contributed by atoms with Gasteiger partial charge in [-0.3, -0.25) is 9.59 Å². The first kappa shape index (κ1) is 20.4. The molecule has 0 bridgehead atoms. The molecule has 0 spiro atoms. The molecule has 2 aromatic rings. The average molecular weight is 494 g/mol. The van der Waals surface area contributed by atoms with Gasteiger partial charge >= 0.3 is 0 Å². The van der Waals surface area contributed by atoms with Crippen LogP contribution in [-0.2, 0) is 16.0 Å². The van der Waals surface area contributed by atoms with Crippen LogP contribution in [0.25, 0.3) is 0 Å². The van der Waals surface area contributed by atoms with Crippen LogP contribution in [0.3, 0.4) is 0 Å². The summed E-state index contributed by atoms with van der Waals surface area (Å²) in [4.78, 5) is 26.6. The van der Waals surface area contributed by atoms with Crippen LogP contribution in [0.5, 0.6) is 11.5 Å². The van der Waals surface area contributed by atoms with Crippen LogP contribution in [0.15, 0.2) is 42.5 Å². The van der Waals surface area contributed by atoms with E-state index in [1.165, 1.54) is 0 Å². The third-order valence-electron chi connectivity index (χ3n) is 4.82. The van der Waals surface area contributed by atoms with Crippen LogP contribution in [0, 0.1) is 9.49 Å². The van der Waals surface area contributed by atoms with Crippen molar-refractivity contribution in [2.45, 2.75) is 12.8 Å². The Labute approximate surface area is 178 Å². The SMILES string of the molecule is COc1ccc(CCN2CC(C(=O)Nc3ccc(I)cc3)CC2=O)cc1OC. The lowest BCUT2D eigenvalue weighted by Gasteiger charge is -2.17. The smallest absolute Gasteiger partial charge is 0.229 e. The number of hydrogen-bond donors (Lipinski definition) is 1. The number of benzene rings is 2. The predicted octanol–water partition coefficient (Wildman–Crippen LogP) is 3.34. The number of nitrogens with zero attached hydrogens (tertiary/aromatic N) is 1. The monoisotopic (exact) mass is 494 g/mol. The third kappa shape index (κ3) is 4.95. The quantitative estimate of drug-likeness (QED) is 0.600. The summed E-state index contributed by atoms with van der Waals surface area (Å²) in [6, 6.07) is 13.3. The van der Waals surface area contributed by atoms with Crippen molar-refractivity contribution in [3.63, 3.8) is 0 Å². The molecule has 1 aliphatic rings. The third-order valence-corrected chi connectivity index (χ3v) is 5.53. The molecule has 1 heterocycles. The van der Waals surface area contributed by atoms with Crippen molar-refractivity contribution in [2.24, 2.45) is 5.92 Å². The maximum absolute atomic E-state index is 12.5. The summed E-state index contributed by atoms with van der Waals surface area (Å²) in [6.45, 7) is 1.02. The van der Waals surface area contributed by atoms with E-state index < -0.39 is 0 Å². The van der Waals surface area contributed by atoms with Gasteiger partial charge in [-0.2, -0.15) is 0 Å². The highest BCUT2D eigenvalue weighted by atomic mass is 127. The lowest BCUT2D eigenvalue weighted by molar-refractivity contribution is -0.128. The van der Waals surface area contributed by atoms with Crippen molar-refractivity contribution in [3.8, 4) is 11.5 Å². The number of nitrogens with one attached hydrogen (secondary N) is 1. The number of carbonyl (C=O) groups is 2. The normalized spacial score (nSPS) is 16.2. The number of anilines is 1. The molecule has 0 aromatic heterocycles. The summed E-state index contributed by atoms with van der Waals surface area (Å²) in [5.41, 5.74) is 1.80. The van der Waals surface area contributed by atoms with E-state index in [4.69, 9.17) is 9.47 Å². The van der Waals surface area contributed by atoms with Gasteiger partial charge in [-0.05, 0) is 71.0 Å². The minimum absolute atomic E-state index is 0.0169. The molecule has 2 amide bonds. The lowest BCUT2D eigenvalue weighted by Crippen LogP contribution is -2.30. The largest absolute Gasteiger partial charge is 0.493 e. The molecule has 1 saturated heterocycles. The zero-order valence-electron chi connectivity index (χ0n) is 15.9. The zero-order valence-corrected chi connectivity index (χ0v) is 18.1. The van der Waals surface area contributed by atoms with E-state index in [2.05, 4.69) is 27.9 Å². The lowest BCUT2D eigenvalue weighted by atomic mass is 10.1. The molecule has 7 heteroatoms. The fourth-order valence-corrected chi connectivity index (χ4v) is 3.60. The van der Waals surface area contributed by atoms with Gasteiger partial charge < -0.3 is 19.7 Å². The Balaban J connectivity index is 1.55. The van der Waals surface area contributed by atoms with Gasteiger partial charge in [0.1, 0.15) is 0 Å². The van der Waals surface area contributed by atoms with Crippen LogP contribution in [0.1, 0.15) is 12.0 Å². The number of likely N-dealkylation sites (tertiary alicyclic amines) is 1. The van der Waals surface area contributed by atoms with Gasteiger partial charge in [0, 0.05) is 28.8 Å². The molecule has 28 heavy (non-hydrogen) atoms. The summed E-state index contributed by atoms with van der Waals surface area (Å²) in [5.74, 6) is 0.932. The Kier molecular flexibility index (Phi) is 6.77. The number of rotatable bonds is 7. The Hall–Kier alpha value is -2.29. The van der Waals surface area contributed by atoms with Gasteiger partial charge in [-0.25, -0.2) is 0 Å². The highest BCUT2D eigenvalue weighted by Crippen LogP contribution is 2.28. The standard InChI is InChI=1S/C21H23IN2O4/c1-27-18-8-3-14(11-19(18)28-2)9-10-24-13-15(12-20(24)25)21(26)23-17-6-4-16(22)5-7-17/h3-8,11,15H,9-10,12-13H2,1-2H3,(H,23,26). The van der Waals surface area contributed by atoms with E-state index in [0.29, 0.717) is 31.0 Å². The summed E-state index contributed by atoms with van der Waals surface area (Å²) >= 11 is 2.22. The number of halogens is 1. The molecule has 1 N–H and O–H groups in total. The van der Waals surface area contributed by atoms with Crippen molar-refractivity contribution in [3.05, 3.63) is 51.6 Å². The maximum Gasteiger partial charge on any atom is 0.229 e. The number of ether oxygens (including phenoxy) is 2. The minimum Gasteiger partial charge on any atom is -0.493 e. The van der Waals surface area contributed by atoms with E-state index in [1.54, 1.807) is 19.1 Å². The Bertz CT molecular complexity index is 854. The first-order valence-corrected chi connectivity index (χ1v) is 10.1. The van der Waals surface area contributed by atoms with Gasteiger partial charge in [-0.15, -0.1) is 0 Å². The molecular formula is C21H23IN2O4. The molecular weight excluding hydrogens is 471 g/mol. The number of hydrogen-bond acceptors (Lipinski definition) is 4. The minimum atomic E-state index is -0.322. The van der Waals surface area contributed by atoms with Gasteiger partial charge in [0.25, 0.3) is 0 Å². The van der Waals surface area contributed by atoms with E-state index in [-0.39, 0.29) is 24.2 Å². The highest BCUT2D eigenvalue weighted by Gasteiger charge is 2.34. The molecule has 1 unspecified atom stereocenters. The maximum atomic E-state index is 12.5. The first-order chi connectivity index (χ1) is 13.5. The average Bonchev–Trinajstić information content (AvgIpc) is 3.08. The van der Waals surface area contributed by atoms with E-state index in [1.807, 2.05) is 42.5 Å². The molecule has 0 saturated carbocycles. The molecule has 6 nitrogen and oxygen atoms in total. The molecule has 148 valence electrons. The van der Waals surface area contributed by atoms with Gasteiger partial charge in [0.05, 0.1) is 20.1 Å². The second kappa shape index (κ2) is 9.27. The number of carbonyl (C=O) groups excluding carboxylic acids is 2. The van der Waals surface area contributed by atoms with Crippen LogP contribution in [-0.4, -0.2) is 44.0 Å². The van der Waals surface area contributed by atoms with Crippen LogP contribution in [0.2, 0.25) is 0 Å². The van der Waals surface area contributed by atoms with Gasteiger partial charge in [0.15, 0.2) is 11.5 Å². The van der Waals surface area contributed by atoms with Crippen LogP contribution >= 0.6 is 22.6 Å². The van der Waals surface area contributed by atoms with Crippen molar-refractivity contribution in [1.29, 1.82) is 0 Å². The van der Waals surface area contributed by atoms with Crippen LogP contribution < -0.4 is 14.8 Å². The van der Waals surface area contributed by atoms with Crippen molar-refractivity contribution >= 4 is 40.1 Å². The zero-order chi connectivity index (χ0) is 20.1. The van der Waals surface area contributed by atoms with E-state index in [0.717, 1.165) is 14.8 Å². The van der Waals surface area contributed by atoms with Crippen LogP contribution in [0.4, 0.5) is 5.69 Å². The molecule has 3 rings (SSSR count). The van der Waals surface area contributed by atoms with Crippen molar-refractivity contribution in [1.82, 2.24) is 4.90 Å². The fourth-order valence-electron chi connectivity index (χ4n) is 3.24. The van der Waals surface area contributed by atoms with E-state index >= 15 is 0 Å². The molecule has 0 aliphatic carbocycles. The summed E-state index contributed by atoms with van der Waals surface area (Å²) < 4.78 is 11.7. The van der Waals surface area contributed by atoms with Crippen molar-refractivity contribution in [2.75, 3.05) is 32.6 Å². The summed E-state index contributed by atoms with van der Waals surface area (Å²) in [7, 11) is 3.20. The highest BCUT2D eigenvalue weighted by molar-refractivity contribution is 14.1. The Morgan fingerprint density at radius 1 is 1.14 bits per heavy atom. The summed E-state index contributed by atoms with van der Waals surface area (Å²) in [6.07, 6.45) is 0.944. The predicted molar refractivity (Wildman–Crippen MR) is 116 cm³/mol. The Morgan fingerprint density at radius 3 is 2.54 bits per heavy atom. The number of methoxy groups -OCH3 is 2. The summed E-state index contributed by atoms with van der Waals surface area (Å²) in [5, 5.41) is 2.90. The van der Waals surface area contributed by atoms with Gasteiger partial charge in [-0.1, -0.05) is 6.07 Å². The van der Waals surface area contributed by atoms with Crippen molar-refractivity contribution < 1.29 is 19.1 Å². The second-order valence-corrected chi connectivity index (χ2v) is 7.92. The first-order valence-electron chi connectivity index (χ1n) is 9.05.